The average Bonchev–Trinajstić information content (AvgIpc) is 2.59. The lowest BCUT2D eigenvalue weighted by Gasteiger charge is -2.24. The van der Waals surface area contributed by atoms with E-state index in [0.717, 1.165) is 17.7 Å². The van der Waals surface area contributed by atoms with E-state index in [1.54, 1.807) is 17.0 Å². The predicted molar refractivity (Wildman–Crippen MR) is 97.3 cm³/mol. The zero-order valence-corrected chi connectivity index (χ0v) is 15.5. The Morgan fingerprint density at radius 2 is 1.77 bits per heavy atom. The number of benzene rings is 2. The van der Waals surface area contributed by atoms with E-state index in [4.69, 9.17) is 16.3 Å². The number of carbonyl (C=O) groups is 1. The first kappa shape index (κ1) is 20.1. The Balaban J connectivity index is 2.02. The first-order valence-electron chi connectivity index (χ1n) is 8.10. The van der Waals surface area contributed by atoms with E-state index < -0.39 is 11.6 Å². The fourth-order valence-electron chi connectivity index (χ4n) is 2.25. The number of ether oxygens (including phenoxy) is 1. The summed E-state index contributed by atoms with van der Waals surface area (Å²) in [5, 5.41) is 0.620. The maximum Gasteiger partial charge on any atom is 0.260 e. The summed E-state index contributed by atoms with van der Waals surface area (Å²) >= 11 is 5.89. The van der Waals surface area contributed by atoms with Gasteiger partial charge in [-0.25, -0.2) is 8.78 Å². The minimum Gasteiger partial charge on any atom is -0.481 e. The van der Waals surface area contributed by atoms with E-state index in [0.29, 0.717) is 24.7 Å². The van der Waals surface area contributed by atoms with Crippen molar-refractivity contribution < 1.29 is 18.3 Å². The minimum absolute atomic E-state index is 0.154. The molecule has 0 spiro atoms. The molecule has 0 radical (unpaired) electrons. The highest BCUT2D eigenvalue weighted by Crippen LogP contribution is 2.18. The molecule has 2 rings (SSSR count). The first-order valence-corrected chi connectivity index (χ1v) is 8.48. The second-order valence-corrected chi connectivity index (χ2v) is 6.54. The fourth-order valence-corrected chi connectivity index (χ4v) is 2.37. The molecule has 0 unspecified atom stereocenters. The summed E-state index contributed by atoms with van der Waals surface area (Å²) < 4.78 is 31.8. The molecule has 7 heteroatoms. The molecule has 0 heterocycles. The predicted octanol–water partition coefficient (Wildman–Crippen LogP) is 3.59. The Morgan fingerprint density at radius 3 is 2.38 bits per heavy atom. The Morgan fingerprint density at radius 1 is 1.08 bits per heavy atom. The number of likely N-dealkylation sites (N-methyl/N-ethyl adjacent to an activating group) is 1. The zero-order chi connectivity index (χ0) is 19.1. The monoisotopic (exact) mass is 382 g/mol. The van der Waals surface area contributed by atoms with Crippen molar-refractivity contribution in [2.24, 2.45) is 0 Å². The second kappa shape index (κ2) is 9.50. The molecule has 0 fully saturated rings. The Kier molecular flexibility index (Phi) is 7.36. The number of hydrogen-bond donors (Lipinski definition) is 0. The molecule has 0 atom stereocenters. The van der Waals surface area contributed by atoms with Crippen molar-refractivity contribution >= 4 is 17.5 Å². The minimum atomic E-state index is -0.838. The van der Waals surface area contributed by atoms with E-state index in [9.17, 15) is 13.6 Å². The van der Waals surface area contributed by atoms with Crippen LogP contribution in [0.4, 0.5) is 8.78 Å². The van der Waals surface area contributed by atoms with E-state index in [1.807, 2.05) is 31.1 Å². The van der Waals surface area contributed by atoms with Gasteiger partial charge in [-0.1, -0.05) is 23.7 Å². The van der Waals surface area contributed by atoms with E-state index >= 15 is 0 Å². The van der Waals surface area contributed by atoms with Crippen molar-refractivity contribution in [1.29, 1.82) is 0 Å². The third kappa shape index (κ3) is 6.28. The third-order valence-corrected chi connectivity index (χ3v) is 3.95. The van der Waals surface area contributed by atoms with Crippen LogP contribution in [-0.2, 0) is 11.3 Å². The second-order valence-electron chi connectivity index (χ2n) is 6.11. The van der Waals surface area contributed by atoms with Crippen LogP contribution in [-0.4, -0.2) is 49.5 Å². The van der Waals surface area contributed by atoms with Crippen molar-refractivity contribution in [3.63, 3.8) is 0 Å². The molecule has 0 N–H and O–H groups in total. The molecule has 0 aliphatic rings. The number of nitrogens with zero attached hydrogens (tertiary/aromatic N) is 2. The van der Waals surface area contributed by atoms with Crippen LogP contribution in [0, 0.1) is 11.6 Å². The normalized spacial score (nSPS) is 10.8. The average molecular weight is 383 g/mol. The first-order chi connectivity index (χ1) is 12.3. The van der Waals surface area contributed by atoms with Crippen LogP contribution in [0.5, 0.6) is 5.75 Å². The van der Waals surface area contributed by atoms with Gasteiger partial charge in [0.15, 0.2) is 18.2 Å². The van der Waals surface area contributed by atoms with Gasteiger partial charge in [-0.05, 0) is 43.9 Å². The van der Waals surface area contributed by atoms with Crippen LogP contribution in [0.3, 0.4) is 0 Å². The van der Waals surface area contributed by atoms with Gasteiger partial charge < -0.3 is 14.5 Å². The summed E-state index contributed by atoms with van der Waals surface area (Å²) in [5.41, 5.74) is 0.925. The van der Waals surface area contributed by atoms with Gasteiger partial charge in [-0.2, -0.15) is 0 Å². The van der Waals surface area contributed by atoms with Gasteiger partial charge >= 0.3 is 0 Å². The molecule has 0 saturated heterocycles. The van der Waals surface area contributed by atoms with Crippen LogP contribution in [0.15, 0.2) is 42.5 Å². The van der Waals surface area contributed by atoms with Crippen LogP contribution in [0.2, 0.25) is 5.02 Å². The van der Waals surface area contributed by atoms with Crippen molar-refractivity contribution in [1.82, 2.24) is 9.80 Å². The van der Waals surface area contributed by atoms with Gasteiger partial charge in [0, 0.05) is 30.7 Å². The van der Waals surface area contributed by atoms with E-state index in [1.165, 1.54) is 6.07 Å². The molecule has 0 aromatic heterocycles. The van der Waals surface area contributed by atoms with Gasteiger partial charge in [0.1, 0.15) is 5.82 Å². The summed E-state index contributed by atoms with van der Waals surface area (Å²) in [4.78, 5) is 16.1. The number of carbonyl (C=O) groups excluding carboxylic acids is 1. The summed E-state index contributed by atoms with van der Waals surface area (Å²) in [5.74, 6) is -1.98. The van der Waals surface area contributed by atoms with Gasteiger partial charge in [0.2, 0.25) is 0 Å². The van der Waals surface area contributed by atoms with Gasteiger partial charge in [0.05, 0.1) is 0 Å². The maximum atomic E-state index is 13.6. The van der Waals surface area contributed by atoms with Crippen molar-refractivity contribution in [2.75, 3.05) is 33.8 Å². The molecule has 0 aliphatic carbocycles. The zero-order valence-electron chi connectivity index (χ0n) is 14.7. The standard InChI is InChI=1S/C19H21ClF2N2O2/c1-23(2)9-10-24(12-14-3-5-15(20)6-4-14)19(25)13-26-18-8-7-16(21)11-17(18)22/h3-8,11H,9-10,12-13H2,1-2H3. The molecule has 2 aromatic rings. The van der Waals surface area contributed by atoms with Crippen LogP contribution >= 0.6 is 11.6 Å². The largest absolute Gasteiger partial charge is 0.481 e. The number of rotatable bonds is 8. The lowest BCUT2D eigenvalue weighted by molar-refractivity contribution is -0.134. The third-order valence-electron chi connectivity index (χ3n) is 3.70. The Labute approximate surface area is 156 Å². The molecule has 1 amide bonds. The SMILES string of the molecule is CN(C)CCN(Cc1ccc(Cl)cc1)C(=O)COc1ccc(F)cc1F. The lowest BCUT2D eigenvalue weighted by atomic mass is 10.2. The number of amides is 1. The highest BCUT2D eigenvalue weighted by atomic mass is 35.5. The van der Waals surface area contributed by atoms with Crippen LogP contribution < -0.4 is 4.74 Å². The van der Waals surface area contributed by atoms with Crippen molar-refractivity contribution in [2.45, 2.75) is 6.54 Å². The van der Waals surface area contributed by atoms with Crippen LogP contribution in [0.1, 0.15) is 5.56 Å². The molecule has 4 nitrogen and oxygen atoms in total. The molecule has 26 heavy (non-hydrogen) atoms. The summed E-state index contributed by atoms with van der Waals surface area (Å²) in [7, 11) is 3.82. The van der Waals surface area contributed by atoms with E-state index in [2.05, 4.69) is 0 Å². The molecule has 0 bridgehead atoms. The molecular formula is C19H21ClF2N2O2. The summed E-state index contributed by atoms with van der Waals surface area (Å²) in [6.45, 7) is 1.22. The highest BCUT2D eigenvalue weighted by Gasteiger charge is 2.16. The van der Waals surface area contributed by atoms with Crippen LogP contribution in [0.25, 0.3) is 0 Å². The van der Waals surface area contributed by atoms with E-state index in [-0.39, 0.29) is 18.3 Å². The fraction of sp³-hybridized carbons (Fsp3) is 0.316. The Hall–Kier alpha value is -2.18. The number of hydrogen-bond acceptors (Lipinski definition) is 3. The summed E-state index contributed by atoms with van der Waals surface area (Å²) in [6.07, 6.45) is 0. The van der Waals surface area contributed by atoms with Gasteiger partial charge in [0.25, 0.3) is 5.91 Å². The molecule has 140 valence electrons. The molecular weight excluding hydrogens is 362 g/mol. The Bertz CT molecular complexity index is 739. The quantitative estimate of drug-likeness (QED) is 0.699. The smallest absolute Gasteiger partial charge is 0.260 e. The van der Waals surface area contributed by atoms with Crippen molar-refractivity contribution in [3.8, 4) is 5.75 Å². The summed E-state index contributed by atoms with van der Waals surface area (Å²) in [6, 6.07) is 10.2. The van der Waals surface area contributed by atoms with Gasteiger partial charge in [-0.15, -0.1) is 0 Å². The molecule has 0 saturated carbocycles. The highest BCUT2D eigenvalue weighted by molar-refractivity contribution is 6.30. The maximum absolute atomic E-state index is 13.6. The number of halogens is 3. The van der Waals surface area contributed by atoms with Gasteiger partial charge in [-0.3, -0.25) is 4.79 Å². The molecule has 2 aromatic carbocycles. The lowest BCUT2D eigenvalue weighted by Crippen LogP contribution is -2.39. The topological polar surface area (TPSA) is 32.8 Å². The van der Waals surface area contributed by atoms with Crippen molar-refractivity contribution in [3.05, 3.63) is 64.7 Å². The molecule has 0 aliphatic heterocycles.